The minimum absolute atomic E-state index is 0.191. The predicted molar refractivity (Wildman–Crippen MR) is 116 cm³/mol. The average molecular weight is 464 g/mol. The second-order valence-electron chi connectivity index (χ2n) is 6.52. The topological polar surface area (TPSA) is 118 Å². The molecule has 0 aliphatic carbocycles. The number of hydrogen-bond acceptors (Lipinski definition) is 6. The minimum Gasteiger partial charge on any atom is -0.497 e. The van der Waals surface area contributed by atoms with Gasteiger partial charge >= 0.3 is 5.97 Å². The molecule has 31 heavy (non-hydrogen) atoms. The van der Waals surface area contributed by atoms with Crippen LogP contribution in [0.5, 0.6) is 5.75 Å². The highest BCUT2D eigenvalue weighted by Gasteiger charge is 2.19. The van der Waals surface area contributed by atoms with Gasteiger partial charge in [0.05, 0.1) is 31.2 Å². The van der Waals surface area contributed by atoms with Gasteiger partial charge in [-0.1, -0.05) is 40.5 Å². The summed E-state index contributed by atoms with van der Waals surface area (Å²) in [4.78, 5) is 24.1. The molecule has 0 saturated heterocycles. The number of methoxy groups -OCH3 is 1. The Kier molecular flexibility index (Phi) is 7.45. The summed E-state index contributed by atoms with van der Waals surface area (Å²) < 4.78 is 6.49. The van der Waals surface area contributed by atoms with Crippen LogP contribution in [0.2, 0.25) is 10.2 Å². The lowest BCUT2D eigenvalue weighted by atomic mass is 10.1. The highest BCUT2D eigenvalue weighted by Crippen LogP contribution is 2.24. The molecule has 0 bridgehead atoms. The lowest BCUT2D eigenvalue weighted by Gasteiger charge is -2.16. The Labute approximate surface area is 187 Å². The molecule has 1 unspecified atom stereocenters. The van der Waals surface area contributed by atoms with E-state index in [1.165, 1.54) is 10.9 Å². The minimum atomic E-state index is -1.07. The van der Waals surface area contributed by atoms with Crippen molar-refractivity contribution in [2.45, 2.75) is 12.5 Å². The normalized spacial score (nSPS) is 11.7. The van der Waals surface area contributed by atoms with E-state index in [0.717, 1.165) is 5.56 Å². The quantitative estimate of drug-likeness (QED) is 0.446. The number of nitrogens with one attached hydrogen (secondary N) is 2. The lowest BCUT2D eigenvalue weighted by molar-refractivity contribution is -0.139. The van der Waals surface area contributed by atoms with Crippen molar-refractivity contribution in [2.75, 3.05) is 19.0 Å². The first-order valence-electron chi connectivity index (χ1n) is 9.12. The van der Waals surface area contributed by atoms with Crippen LogP contribution in [0.3, 0.4) is 0 Å². The van der Waals surface area contributed by atoms with Crippen molar-refractivity contribution in [3.63, 3.8) is 0 Å². The van der Waals surface area contributed by atoms with Crippen LogP contribution in [0.15, 0.2) is 48.7 Å². The van der Waals surface area contributed by atoms with Crippen molar-refractivity contribution < 1.29 is 19.4 Å². The van der Waals surface area contributed by atoms with Crippen molar-refractivity contribution in [3.05, 3.63) is 64.4 Å². The second kappa shape index (κ2) is 10.3. The standard InChI is InChI=1S/C20H19Cl2N5O4/c1-31-14-5-2-12(3-6-14)8-16(20(29)30)23-10-19(28)24-15-9-13(21)4-7-17(15)27-11-18(22)25-26-27/h2-7,9,11,16,23H,8,10H2,1H3,(H,24,28)(H,29,30). The van der Waals surface area contributed by atoms with Gasteiger partial charge in [0, 0.05) is 5.02 Å². The molecule has 0 aliphatic heterocycles. The van der Waals surface area contributed by atoms with Gasteiger partial charge in [-0.15, -0.1) is 5.10 Å². The number of hydrogen-bond donors (Lipinski definition) is 3. The number of carbonyl (C=O) groups excluding carboxylic acids is 1. The fourth-order valence-electron chi connectivity index (χ4n) is 2.82. The van der Waals surface area contributed by atoms with Crippen molar-refractivity contribution in [3.8, 4) is 11.4 Å². The molecule has 0 radical (unpaired) electrons. The Morgan fingerprint density at radius 1 is 1.19 bits per heavy atom. The number of rotatable bonds is 9. The third-order valence-electron chi connectivity index (χ3n) is 4.35. The maximum atomic E-state index is 12.5. The van der Waals surface area contributed by atoms with Crippen LogP contribution in [0.4, 0.5) is 5.69 Å². The zero-order valence-corrected chi connectivity index (χ0v) is 17.9. The van der Waals surface area contributed by atoms with Gasteiger partial charge in [0.25, 0.3) is 0 Å². The molecule has 1 heterocycles. The van der Waals surface area contributed by atoms with E-state index < -0.39 is 17.9 Å². The summed E-state index contributed by atoms with van der Waals surface area (Å²) in [5.74, 6) is -0.839. The van der Waals surface area contributed by atoms with Crippen molar-refractivity contribution in [1.82, 2.24) is 20.3 Å². The predicted octanol–water partition coefficient (Wildman–Crippen LogP) is 2.81. The SMILES string of the molecule is COc1ccc(CC(NCC(=O)Nc2cc(Cl)ccc2-n2cc(Cl)nn2)C(=O)O)cc1. The number of anilines is 1. The van der Waals surface area contributed by atoms with Crippen molar-refractivity contribution in [2.24, 2.45) is 0 Å². The Bertz CT molecular complexity index is 1070. The largest absolute Gasteiger partial charge is 0.497 e. The lowest BCUT2D eigenvalue weighted by Crippen LogP contribution is -2.42. The molecule has 3 rings (SSSR count). The summed E-state index contributed by atoms with van der Waals surface area (Å²) in [7, 11) is 1.55. The third kappa shape index (κ3) is 6.17. The van der Waals surface area contributed by atoms with E-state index in [0.29, 0.717) is 22.1 Å². The number of carboxylic acids is 1. The van der Waals surface area contributed by atoms with Crippen molar-refractivity contribution in [1.29, 1.82) is 0 Å². The third-order valence-corrected chi connectivity index (χ3v) is 4.76. The summed E-state index contributed by atoms with van der Waals surface area (Å²) in [6.07, 6.45) is 1.68. The molecule has 2 aromatic carbocycles. The number of amides is 1. The molecule has 0 saturated carbocycles. The molecule has 162 valence electrons. The van der Waals surface area contributed by atoms with E-state index in [2.05, 4.69) is 20.9 Å². The monoisotopic (exact) mass is 463 g/mol. The molecule has 3 aromatic rings. The zero-order valence-electron chi connectivity index (χ0n) is 16.4. The van der Waals surface area contributed by atoms with E-state index >= 15 is 0 Å². The van der Waals surface area contributed by atoms with Gasteiger partial charge in [-0.3, -0.25) is 14.9 Å². The van der Waals surface area contributed by atoms with Crippen LogP contribution in [-0.4, -0.2) is 51.7 Å². The van der Waals surface area contributed by atoms with Gasteiger partial charge < -0.3 is 15.2 Å². The first kappa shape index (κ1) is 22.5. The summed E-state index contributed by atoms with van der Waals surface area (Å²) in [5, 5.41) is 23.2. The molecule has 3 N–H and O–H groups in total. The van der Waals surface area contributed by atoms with Gasteiger partial charge in [-0.2, -0.15) is 0 Å². The molecule has 0 aliphatic rings. The number of ether oxygens (including phenoxy) is 1. The summed E-state index contributed by atoms with van der Waals surface area (Å²) >= 11 is 11.9. The highest BCUT2D eigenvalue weighted by atomic mass is 35.5. The number of aliphatic carboxylic acids is 1. The Balaban J connectivity index is 1.65. The smallest absolute Gasteiger partial charge is 0.321 e. The van der Waals surface area contributed by atoms with Crippen LogP contribution >= 0.6 is 23.2 Å². The molecular formula is C20H19Cl2N5O4. The van der Waals surface area contributed by atoms with Crippen LogP contribution in [0.1, 0.15) is 5.56 Å². The summed E-state index contributed by atoms with van der Waals surface area (Å²) in [6, 6.07) is 10.9. The van der Waals surface area contributed by atoms with E-state index in [1.807, 2.05) is 0 Å². The van der Waals surface area contributed by atoms with Crippen LogP contribution in [0, 0.1) is 0 Å². The summed E-state index contributed by atoms with van der Waals surface area (Å²) in [5.41, 5.74) is 1.68. The fourth-order valence-corrected chi connectivity index (χ4v) is 3.12. The van der Waals surface area contributed by atoms with Crippen LogP contribution < -0.4 is 15.4 Å². The van der Waals surface area contributed by atoms with Crippen LogP contribution in [-0.2, 0) is 16.0 Å². The first-order valence-corrected chi connectivity index (χ1v) is 9.88. The molecule has 1 amide bonds. The molecule has 0 fully saturated rings. The number of nitrogens with zero attached hydrogens (tertiary/aromatic N) is 3. The molecule has 1 atom stereocenters. The number of carbonyl (C=O) groups is 2. The van der Waals surface area contributed by atoms with Crippen LogP contribution in [0.25, 0.3) is 5.69 Å². The number of carboxylic acid groups (broad SMARTS) is 1. The van der Waals surface area contributed by atoms with Gasteiger partial charge in [-0.25, -0.2) is 4.68 Å². The van der Waals surface area contributed by atoms with Gasteiger partial charge in [-0.05, 0) is 42.3 Å². The number of aromatic nitrogens is 3. The Hall–Kier alpha value is -3.14. The molecular weight excluding hydrogens is 445 g/mol. The maximum Gasteiger partial charge on any atom is 0.321 e. The van der Waals surface area contributed by atoms with Crippen molar-refractivity contribution >= 4 is 40.8 Å². The molecule has 1 aromatic heterocycles. The average Bonchev–Trinajstić information content (AvgIpc) is 3.17. The second-order valence-corrected chi connectivity index (χ2v) is 7.34. The highest BCUT2D eigenvalue weighted by molar-refractivity contribution is 6.31. The van der Waals surface area contributed by atoms with E-state index in [-0.39, 0.29) is 18.1 Å². The number of benzene rings is 2. The first-order chi connectivity index (χ1) is 14.9. The number of halogens is 2. The molecule has 11 heteroatoms. The zero-order chi connectivity index (χ0) is 22.4. The Morgan fingerprint density at radius 2 is 1.94 bits per heavy atom. The fraction of sp³-hybridized carbons (Fsp3) is 0.200. The Morgan fingerprint density at radius 3 is 2.55 bits per heavy atom. The van der Waals surface area contributed by atoms with Gasteiger partial charge in [0.2, 0.25) is 5.91 Å². The van der Waals surface area contributed by atoms with E-state index in [4.69, 9.17) is 27.9 Å². The maximum absolute atomic E-state index is 12.5. The summed E-state index contributed by atoms with van der Waals surface area (Å²) in [6.45, 7) is -0.225. The molecule has 0 spiro atoms. The van der Waals surface area contributed by atoms with E-state index in [9.17, 15) is 14.7 Å². The van der Waals surface area contributed by atoms with E-state index in [1.54, 1.807) is 49.6 Å². The molecule has 9 nitrogen and oxygen atoms in total. The van der Waals surface area contributed by atoms with Gasteiger partial charge in [0.1, 0.15) is 11.8 Å². The van der Waals surface area contributed by atoms with Gasteiger partial charge in [0.15, 0.2) is 5.15 Å².